The average Bonchev–Trinajstić information content (AvgIpc) is 2.40. The molecule has 0 aliphatic carbocycles. The molecule has 0 fully saturated rings. The van der Waals surface area contributed by atoms with Crippen LogP contribution in [0, 0.1) is 5.82 Å². The van der Waals surface area contributed by atoms with Gasteiger partial charge in [-0.15, -0.1) is 0 Å². The molecule has 0 saturated heterocycles. The van der Waals surface area contributed by atoms with E-state index in [1.807, 2.05) is 0 Å². The molecule has 0 saturated carbocycles. The van der Waals surface area contributed by atoms with Crippen LogP contribution in [0.25, 0.3) is 0 Å². The summed E-state index contributed by atoms with van der Waals surface area (Å²) < 4.78 is 49.8. The van der Waals surface area contributed by atoms with Gasteiger partial charge < -0.3 is 5.32 Å². The lowest BCUT2D eigenvalue weighted by Gasteiger charge is -2.09. The van der Waals surface area contributed by atoms with Gasteiger partial charge in [-0.05, 0) is 53.7 Å². The lowest BCUT2D eigenvalue weighted by atomic mass is 10.2. The summed E-state index contributed by atoms with van der Waals surface area (Å²) in [6, 6.07) is 10.3. The fourth-order valence-electron chi connectivity index (χ4n) is 1.63. The number of anilines is 1. The molecule has 0 aliphatic heterocycles. The van der Waals surface area contributed by atoms with E-state index >= 15 is 0 Å². The first-order chi connectivity index (χ1) is 9.83. The predicted octanol–water partition coefficient (Wildman–Crippen LogP) is 5.70. The van der Waals surface area contributed by atoms with Crippen LogP contribution in [0.15, 0.2) is 47.4 Å². The van der Waals surface area contributed by atoms with Gasteiger partial charge in [0.25, 0.3) is 0 Å². The number of hydrogen-bond acceptors (Lipinski definition) is 2. The molecule has 0 aromatic heterocycles. The molecule has 0 unspecified atom stereocenters. The molecule has 0 spiro atoms. The summed E-state index contributed by atoms with van der Waals surface area (Å²) in [5.41, 5.74) is -2.96. The number of halogens is 5. The third-order valence-corrected chi connectivity index (χ3v) is 3.61. The summed E-state index contributed by atoms with van der Waals surface area (Å²) in [7, 11) is 0. The Hall–Kier alpha value is -1.40. The third kappa shape index (κ3) is 5.13. The van der Waals surface area contributed by atoms with E-state index in [4.69, 9.17) is 11.6 Å². The summed E-state index contributed by atoms with van der Waals surface area (Å²) in [5, 5.41) is 3.05. The molecule has 0 bridgehead atoms. The Kier molecular flexibility index (Phi) is 5.00. The van der Waals surface area contributed by atoms with Crippen molar-refractivity contribution in [1.82, 2.24) is 0 Å². The summed E-state index contributed by atoms with van der Waals surface area (Å²) in [5.74, 6) is -0.507. The van der Waals surface area contributed by atoms with Crippen LogP contribution in [0.2, 0.25) is 5.02 Å². The molecule has 0 heterocycles. The lowest BCUT2D eigenvalue weighted by molar-refractivity contribution is -0.0328. The highest BCUT2D eigenvalue weighted by Crippen LogP contribution is 2.37. The van der Waals surface area contributed by atoms with E-state index in [1.165, 1.54) is 24.3 Å². The summed E-state index contributed by atoms with van der Waals surface area (Å²) in [6.45, 7) is 0.347. The number of benzene rings is 2. The van der Waals surface area contributed by atoms with Gasteiger partial charge >= 0.3 is 5.51 Å². The normalized spacial score (nSPS) is 11.5. The summed E-state index contributed by atoms with van der Waals surface area (Å²) >= 11 is 5.41. The van der Waals surface area contributed by atoms with Crippen molar-refractivity contribution >= 4 is 29.1 Å². The highest BCUT2D eigenvalue weighted by molar-refractivity contribution is 8.00. The highest BCUT2D eigenvalue weighted by atomic mass is 35.5. The molecule has 0 aliphatic rings. The molecule has 112 valence electrons. The molecular weight excluding hydrogens is 326 g/mol. The van der Waals surface area contributed by atoms with Crippen molar-refractivity contribution in [3.63, 3.8) is 0 Å². The van der Waals surface area contributed by atoms with E-state index in [1.54, 1.807) is 18.2 Å². The van der Waals surface area contributed by atoms with Crippen molar-refractivity contribution in [3.05, 3.63) is 58.9 Å². The molecule has 7 heteroatoms. The maximum absolute atomic E-state index is 13.2. The zero-order chi connectivity index (χ0) is 15.5. The second-order valence-corrected chi connectivity index (χ2v) is 5.72. The minimum Gasteiger partial charge on any atom is -0.381 e. The number of alkyl halides is 3. The molecule has 0 amide bonds. The average molecular weight is 336 g/mol. The topological polar surface area (TPSA) is 12.0 Å². The van der Waals surface area contributed by atoms with E-state index in [9.17, 15) is 17.6 Å². The minimum absolute atomic E-state index is 0.0484. The Morgan fingerprint density at radius 2 is 1.71 bits per heavy atom. The van der Waals surface area contributed by atoms with E-state index < -0.39 is 11.3 Å². The number of nitrogens with one attached hydrogen (secondary N) is 1. The number of thioether (sulfide) groups is 1. The predicted molar refractivity (Wildman–Crippen MR) is 77.1 cm³/mol. The quantitative estimate of drug-likeness (QED) is 0.568. The zero-order valence-electron chi connectivity index (χ0n) is 10.5. The van der Waals surface area contributed by atoms with Crippen LogP contribution < -0.4 is 5.32 Å². The minimum atomic E-state index is -4.30. The van der Waals surface area contributed by atoms with Crippen molar-refractivity contribution in [2.45, 2.75) is 16.9 Å². The Morgan fingerprint density at radius 1 is 1.05 bits per heavy atom. The first-order valence-corrected chi connectivity index (χ1v) is 7.06. The van der Waals surface area contributed by atoms with Gasteiger partial charge in [0.05, 0.1) is 5.02 Å². The van der Waals surface area contributed by atoms with Gasteiger partial charge in [0.15, 0.2) is 0 Å². The van der Waals surface area contributed by atoms with Gasteiger partial charge in [0.2, 0.25) is 0 Å². The van der Waals surface area contributed by atoms with Gasteiger partial charge in [-0.3, -0.25) is 0 Å². The molecular formula is C14H10ClF4NS. The summed E-state index contributed by atoms with van der Waals surface area (Å²) in [4.78, 5) is 0.116. The van der Waals surface area contributed by atoms with Gasteiger partial charge in [0.1, 0.15) is 5.82 Å². The smallest absolute Gasteiger partial charge is 0.381 e. The Balaban J connectivity index is 1.96. The Labute approximate surface area is 128 Å². The van der Waals surface area contributed by atoms with Gasteiger partial charge in [0, 0.05) is 17.1 Å². The maximum Gasteiger partial charge on any atom is 0.446 e. The molecule has 0 radical (unpaired) electrons. The van der Waals surface area contributed by atoms with E-state index in [2.05, 4.69) is 5.32 Å². The van der Waals surface area contributed by atoms with Crippen LogP contribution in [0.4, 0.5) is 23.2 Å². The van der Waals surface area contributed by atoms with E-state index in [0.29, 0.717) is 17.8 Å². The van der Waals surface area contributed by atoms with Crippen LogP contribution >= 0.6 is 23.4 Å². The maximum atomic E-state index is 13.2. The molecule has 1 N–H and O–H groups in total. The molecule has 21 heavy (non-hydrogen) atoms. The number of hydrogen-bond donors (Lipinski definition) is 1. The molecule has 1 nitrogen and oxygen atoms in total. The fourth-order valence-corrected chi connectivity index (χ4v) is 2.29. The van der Waals surface area contributed by atoms with Crippen LogP contribution in [0.1, 0.15) is 5.56 Å². The Morgan fingerprint density at radius 3 is 2.29 bits per heavy atom. The molecule has 2 aromatic rings. The van der Waals surface area contributed by atoms with Gasteiger partial charge in [-0.1, -0.05) is 17.7 Å². The van der Waals surface area contributed by atoms with Crippen LogP contribution in [-0.2, 0) is 6.54 Å². The van der Waals surface area contributed by atoms with Crippen molar-refractivity contribution in [3.8, 4) is 0 Å². The van der Waals surface area contributed by atoms with Gasteiger partial charge in [-0.25, -0.2) is 4.39 Å². The van der Waals surface area contributed by atoms with Crippen LogP contribution in [0.5, 0.6) is 0 Å². The largest absolute Gasteiger partial charge is 0.446 e. The zero-order valence-corrected chi connectivity index (χ0v) is 12.1. The second-order valence-electron chi connectivity index (χ2n) is 4.17. The number of rotatable bonds is 4. The summed E-state index contributed by atoms with van der Waals surface area (Å²) in [6.07, 6.45) is 0. The van der Waals surface area contributed by atoms with Crippen LogP contribution in [0.3, 0.4) is 0 Å². The lowest BCUT2D eigenvalue weighted by Crippen LogP contribution is -2.01. The fraction of sp³-hybridized carbons (Fsp3) is 0.143. The van der Waals surface area contributed by atoms with E-state index in [0.717, 1.165) is 0 Å². The van der Waals surface area contributed by atoms with Crippen molar-refractivity contribution < 1.29 is 17.6 Å². The van der Waals surface area contributed by atoms with Crippen LogP contribution in [-0.4, -0.2) is 5.51 Å². The van der Waals surface area contributed by atoms with E-state index in [-0.39, 0.29) is 21.7 Å². The molecule has 0 atom stereocenters. The standard InChI is InChI=1S/C14H10ClF4NS/c15-12-6-1-9(7-13(12)16)8-20-10-2-4-11(5-3-10)21-14(17,18)19/h1-7,20H,8H2. The van der Waals surface area contributed by atoms with Crippen molar-refractivity contribution in [1.29, 1.82) is 0 Å². The molecule has 2 aromatic carbocycles. The first kappa shape index (κ1) is 16.0. The third-order valence-electron chi connectivity index (χ3n) is 2.57. The molecule has 2 rings (SSSR count). The van der Waals surface area contributed by atoms with Gasteiger partial charge in [-0.2, -0.15) is 13.2 Å². The Bertz CT molecular complexity index is 613. The monoisotopic (exact) mass is 335 g/mol. The SMILES string of the molecule is Fc1cc(CNc2ccc(SC(F)(F)F)cc2)ccc1Cl. The first-order valence-electron chi connectivity index (χ1n) is 5.87. The highest BCUT2D eigenvalue weighted by Gasteiger charge is 2.28. The second kappa shape index (κ2) is 6.58. The van der Waals surface area contributed by atoms with Crippen molar-refractivity contribution in [2.24, 2.45) is 0 Å². The van der Waals surface area contributed by atoms with Crippen molar-refractivity contribution in [2.75, 3.05) is 5.32 Å².